The Bertz CT molecular complexity index is 1200. The smallest absolute Gasteiger partial charge is 0.261 e. The highest BCUT2D eigenvalue weighted by Gasteiger charge is 2.18. The average Bonchev–Trinajstić information content (AvgIpc) is 3.52. The lowest BCUT2D eigenvalue weighted by atomic mass is 10.1. The Morgan fingerprint density at radius 2 is 1.94 bits per heavy atom. The van der Waals surface area contributed by atoms with Crippen LogP contribution in [0.15, 0.2) is 59.8 Å². The molecule has 0 spiro atoms. The van der Waals surface area contributed by atoms with Crippen molar-refractivity contribution in [3.8, 4) is 11.5 Å². The van der Waals surface area contributed by atoms with Gasteiger partial charge in [0, 0.05) is 43.7 Å². The summed E-state index contributed by atoms with van der Waals surface area (Å²) >= 11 is 0. The lowest BCUT2D eigenvalue weighted by Gasteiger charge is -2.26. The van der Waals surface area contributed by atoms with Gasteiger partial charge in [-0.15, -0.1) is 0 Å². The Hall–Kier alpha value is -4.32. The molecule has 12 nitrogen and oxygen atoms in total. The summed E-state index contributed by atoms with van der Waals surface area (Å²) in [5.41, 5.74) is 14.1. The van der Waals surface area contributed by atoms with Gasteiger partial charge < -0.3 is 25.6 Å². The van der Waals surface area contributed by atoms with Crippen LogP contribution in [0.3, 0.4) is 0 Å². The summed E-state index contributed by atoms with van der Waals surface area (Å²) in [5, 5.41) is 8.26. The van der Waals surface area contributed by atoms with Gasteiger partial charge in [-0.25, -0.2) is 9.97 Å². The van der Waals surface area contributed by atoms with E-state index in [1.54, 1.807) is 40.4 Å². The number of carbonyl (C=O) groups is 1. The van der Waals surface area contributed by atoms with E-state index < -0.39 is 0 Å². The molecule has 0 radical (unpaired) electrons. The molecule has 1 aliphatic heterocycles. The maximum Gasteiger partial charge on any atom is 0.261 e. The number of allylic oxidation sites excluding steroid dienone is 4. The van der Waals surface area contributed by atoms with E-state index in [9.17, 15) is 4.79 Å². The van der Waals surface area contributed by atoms with E-state index in [2.05, 4.69) is 31.8 Å². The first-order chi connectivity index (χ1) is 16.5. The molecule has 1 amide bonds. The van der Waals surface area contributed by atoms with Crippen molar-refractivity contribution in [2.45, 2.75) is 13.0 Å². The SMILES string of the molecule is C=C(/C=C\C(=C/N)Cc1noc(-c2cnn(CC(=O)N3CCOCC3)c2)n1)c1cnc(N)nc1. The van der Waals surface area contributed by atoms with Gasteiger partial charge in [-0.05, 0) is 17.3 Å². The molecule has 0 aliphatic carbocycles. The summed E-state index contributed by atoms with van der Waals surface area (Å²) in [4.78, 5) is 26.5. The van der Waals surface area contributed by atoms with Gasteiger partial charge in [-0.3, -0.25) is 9.48 Å². The number of hydrogen-bond donors (Lipinski definition) is 2. The van der Waals surface area contributed by atoms with Crippen LogP contribution >= 0.6 is 0 Å². The summed E-state index contributed by atoms with van der Waals surface area (Å²) in [6.45, 7) is 6.42. The fourth-order valence-corrected chi connectivity index (χ4v) is 3.22. The second kappa shape index (κ2) is 10.5. The van der Waals surface area contributed by atoms with Crippen molar-refractivity contribution < 1.29 is 14.1 Å². The summed E-state index contributed by atoms with van der Waals surface area (Å²) in [7, 11) is 0. The van der Waals surface area contributed by atoms with Crippen LogP contribution < -0.4 is 11.5 Å². The third kappa shape index (κ3) is 5.72. The molecule has 0 aromatic carbocycles. The lowest BCUT2D eigenvalue weighted by Crippen LogP contribution is -2.42. The van der Waals surface area contributed by atoms with Crippen LogP contribution in [0.5, 0.6) is 0 Å². The van der Waals surface area contributed by atoms with E-state index in [0.717, 1.165) is 11.1 Å². The van der Waals surface area contributed by atoms with Crippen LogP contribution in [0.4, 0.5) is 5.95 Å². The second-order valence-electron chi connectivity index (χ2n) is 7.54. The number of ether oxygens (including phenoxy) is 1. The van der Waals surface area contributed by atoms with Crippen LogP contribution in [0, 0.1) is 0 Å². The summed E-state index contributed by atoms with van der Waals surface area (Å²) in [5.74, 6) is 0.949. The van der Waals surface area contributed by atoms with Gasteiger partial charge in [0.1, 0.15) is 6.54 Å². The molecule has 12 heteroatoms. The van der Waals surface area contributed by atoms with E-state index >= 15 is 0 Å². The molecule has 1 saturated heterocycles. The maximum absolute atomic E-state index is 12.4. The standard InChI is InChI=1S/C22H25N9O3/c1-15(17-10-25-22(24)26-11-17)2-3-16(9-23)8-19-28-21(34-29-19)18-12-27-31(13-18)14-20(32)30-4-6-33-7-5-30/h2-3,9-13H,1,4-8,14,23H2,(H2,24,25,26)/b3-2-,16-9+. The van der Waals surface area contributed by atoms with Crippen LogP contribution in [0.2, 0.25) is 0 Å². The van der Waals surface area contributed by atoms with Gasteiger partial charge in [0.25, 0.3) is 5.89 Å². The normalized spacial score (nSPS) is 14.6. The number of nitrogens with two attached hydrogens (primary N) is 2. The van der Waals surface area contributed by atoms with E-state index in [4.69, 9.17) is 20.7 Å². The van der Waals surface area contributed by atoms with Crippen LogP contribution in [0.25, 0.3) is 17.0 Å². The van der Waals surface area contributed by atoms with Gasteiger partial charge in [-0.1, -0.05) is 23.9 Å². The molecule has 1 fully saturated rings. The number of anilines is 1. The number of rotatable bonds is 8. The van der Waals surface area contributed by atoms with Crippen molar-refractivity contribution in [3.63, 3.8) is 0 Å². The Kier molecular flexibility index (Phi) is 7.08. The molecule has 1 aliphatic rings. The Morgan fingerprint density at radius 1 is 1.18 bits per heavy atom. The van der Waals surface area contributed by atoms with Crippen molar-refractivity contribution in [3.05, 3.63) is 66.7 Å². The molecule has 34 heavy (non-hydrogen) atoms. The highest BCUT2D eigenvalue weighted by Crippen LogP contribution is 2.18. The zero-order chi connectivity index (χ0) is 23.9. The third-order valence-corrected chi connectivity index (χ3v) is 5.13. The molecule has 4 N–H and O–H groups in total. The molecule has 3 aromatic heterocycles. The number of morpholine rings is 1. The predicted molar refractivity (Wildman–Crippen MR) is 124 cm³/mol. The second-order valence-corrected chi connectivity index (χ2v) is 7.54. The van der Waals surface area contributed by atoms with Crippen LogP contribution in [0.1, 0.15) is 11.4 Å². The number of nitrogens with zero attached hydrogens (tertiary/aromatic N) is 7. The van der Waals surface area contributed by atoms with Crippen molar-refractivity contribution in [1.82, 2.24) is 34.8 Å². The Balaban J connectivity index is 1.35. The molecule has 0 saturated carbocycles. The highest BCUT2D eigenvalue weighted by molar-refractivity contribution is 5.76. The van der Waals surface area contributed by atoms with Crippen molar-refractivity contribution in [1.29, 1.82) is 0 Å². The molecule has 176 valence electrons. The number of carbonyl (C=O) groups excluding carboxylic acids is 1. The lowest BCUT2D eigenvalue weighted by molar-refractivity contribution is -0.136. The molecule has 3 aromatic rings. The van der Waals surface area contributed by atoms with E-state index in [0.29, 0.717) is 55.6 Å². The first kappa shape index (κ1) is 22.9. The van der Waals surface area contributed by atoms with Crippen molar-refractivity contribution in [2.24, 2.45) is 5.73 Å². The summed E-state index contributed by atoms with van der Waals surface area (Å²) in [6, 6.07) is 0. The zero-order valence-corrected chi connectivity index (χ0v) is 18.5. The predicted octanol–water partition coefficient (Wildman–Crippen LogP) is 0.819. The quantitative estimate of drug-likeness (QED) is 0.457. The Labute approximate surface area is 195 Å². The minimum absolute atomic E-state index is 0.0131. The van der Waals surface area contributed by atoms with Crippen LogP contribution in [-0.4, -0.2) is 67.0 Å². The fraction of sp³-hybridized carbons (Fsp3) is 0.273. The number of nitrogen functional groups attached to an aromatic ring is 1. The average molecular weight is 464 g/mol. The number of hydrogen-bond acceptors (Lipinski definition) is 10. The monoisotopic (exact) mass is 463 g/mol. The minimum Gasteiger partial charge on any atom is -0.404 e. The highest BCUT2D eigenvalue weighted by atomic mass is 16.5. The molecule has 4 rings (SSSR count). The molecule has 0 unspecified atom stereocenters. The summed E-state index contributed by atoms with van der Waals surface area (Å²) < 4.78 is 12.2. The topological polar surface area (TPSA) is 164 Å². The molecule has 4 heterocycles. The molecule has 0 bridgehead atoms. The number of aromatic nitrogens is 6. The van der Waals surface area contributed by atoms with Gasteiger partial charge in [0.15, 0.2) is 5.82 Å². The third-order valence-electron chi connectivity index (χ3n) is 5.13. The van der Waals surface area contributed by atoms with Gasteiger partial charge in [-0.2, -0.15) is 10.1 Å². The van der Waals surface area contributed by atoms with E-state index in [-0.39, 0.29) is 18.4 Å². The van der Waals surface area contributed by atoms with E-state index in [1.807, 2.05) is 6.08 Å². The first-order valence-electron chi connectivity index (χ1n) is 10.6. The molecule has 0 atom stereocenters. The number of amides is 1. The zero-order valence-electron chi connectivity index (χ0n) is 18.5. The maximum atomic E-state index is 12.4. The van der Waals surface area contributed by atoms with Crippen LogP contribution in [-0.2, 0) is 22.5 Å². The van der Waals surface area contributed by atoms with Crippen molar-refractivity contribution in [2.75, 3.05) is 32.0 Å². The molecular formula is C22H25N9O3. The minimum atomic E-state index is -0.0131. The fourth-order valence-electron chi connectivity index (χ4n) is 3.22. The largest absolute Gasteiger partial charge is 0.404 e. The summed E-state index contributed by atoms with van der Waals surface area (Å²) in [6.07, 6.45) is 11.9. The first-order valence-corrected chi connectivity index (χ1v) is 10.6. The van der Waals surface area contributed by atoms with Gasteiger partial charge >= 0.3 is 0 Å². The van der Waals surface area contributed by atoms with E-state index in [1.165, 1.54) is 6.20 Å². The van der Waals surface area contributed by atoms with Crippen molar-refractivity contribution >= 4 is 17.4 Å². The molecular weight excluding hydrogens is 438 g/mol. The van der Waals surface area contributed by atoms with Gasteiger partial charge in [0.2, 0.25) is 11.9 Å². The van der Waals surface area contributed by atoms with Gasteiger partial charge in [0.05, 0.1) is 25.0 Å². The Morgan fingerprint density at radius 3 is 2.68 bits per heavy atom.